The molecule has 1 unspecified atom stereocenters. The third kappa shape index (κ3) is 3.03. The molecule has 0 aliphatic carbocycles. The minimum atomic E-state index is -0.872. The molecule has 7 nitrogen and oxygen atoms in total. The normalized spacial score (nSPS) is 20.5. The van der Waals surface area contributed by atoms with Gasteiger partial charge in [-0.2, -0.15) is 0 Å². The Bertz CT molecular complexity index is 711. The summed E-state index contributed by atoms with van der Waals surface area (Å²) in [7, 11) is 0. The third-order valence-corrected chi connectivity index (χ3v) is 4.09. The van der Waals surface area contributed by atoms with E-state index in [1.54, 1.807) is 37.4 Å². The van der Waals surface area contributed by atoms with Gasteiger partial charge in [-0.1, -0.05) is 0 Å². The number of hydrogen-bond acceptors (Lipinski definition) is 4. The standard InChI is InChI=1S/C16H17N3O4/c1-16(14(20)21)6-8-19(10-16)15(22)18-12-4-2-11(3-5-12)13-17-7-9-23-13/h2-5,7,9H,6,8,10H2,1H3,(H,18,22)(H,20,21). The Labute approximate surface area is 132 Å². The number of urea groups is 1. The molecule has 1 aliphatic rings. The Hall–Kier alpha value is -2.83. The molecule has 1 saturated heterocycles. The molecule has 0 saturated carbocycles. The SMILES string of the molecule is CC1(C(=O)O)CCN(C(=O)Nc2ccc(-c3ncco3)cc2)C1. The monoisotopic (exact) mass is 315 g/mol. The summed E-state index contributed by atoms with van der Waals surface area (Å²) in [6.45, 7) is 2.30. The zero-order valence-electron chi connectivity index (χ0n) is 12.7. The van der Waals surface area contributed by atoms with Gasteiger partial charge >= 0.3 is 12.0 Å². The first-order valence-electron chi connectivity index (χ1n) is 7.27. The van der Waals surface area contributed by atoms with Gasteiger partial charge in [0, 0.05) is 24.3 Å². The molecule has 3 rings (SSSR count). The Morgan fingerprint density at radius 3 is 2.65 bits per heavy atom. The van der Waals surface area contributed by atoms with Crippen molar-refractivity contribution in [3.05, 3.63) is 36.7 Å². The lowest BCUT2D eigenvalue weighted by Gasteiger charge is -2.20. The van der Waals surface area contributed by atoms with Crippen LogP contribution in [0.4, 0.5) is 10.5 Å². The van der Waals surface area contributed by atoms with E-state index < -0.39 is 11.4 Å². The van der Waals surface area contributed by atoms with Crippen molar-refractivity contribution in [2.75, 3.05) is 18.4 Å². The smallest absolute Gasteiger partial charge is 0.321 e. The maximum atomic E-state index is 12.2. The van der Waals surface area contributed by atoms with Gasteiger partial charge in [-0.05, 0) is 37.6 Å². The number of nitrogens with one attached hydrogen (secondary N) is 1. The Morgan fingerprint density at radius 1 is 1.35 bits per heavy atom. The van der Waals surface area contributed by atoms with Crippen molar-refractivity contribution in [1.29, 1.82) is 0 Å². The molecule has 0 bridgehead atoms. The highest BCUT2D eigenvalue weighted by Crippen LogP contribution is 2.30. The first kappa shape index (κ1) is 15.1. The number of rotatable bonds is 3. The molecule has 1 fully saturated rings. The van der Waals surface area contributed by atoms with E-state index in [0.717, 1.165) is 5.56 Å². The van der Waals surface area contributed by atoms with Crippen LogP contribution >= 0.6 is 0 Å². The van der Waals surface area contributed by atoms with Crippen molar-refractivity contribution >= 4 is 17.7 Å². The second-order valence-electron chi connectivity index (χ2n) is 5.88. The summed E-state index contributed by atoms with van der Waals surface area (Å²) in [5, 5.41) is 12.0. The molecule has 120 valence electrons. The van der Waals surface area contributed by atoms with E-state index in [-0.39, 0.29) is 12.6 Å². The molecular formula is C16H17N3O4. The van der Waals surface area contributed by atoms with Crippen molar-refractivity contribution in [2.24, 2.45) is 5.41 Å². The lowest BCUT2D eigenvalue weighted by atomic mass is 9.90. The summed E-state index contributed by atoms with van der Waals surface area (Å²) >= 11 is 0. The van der Waals surface area contributed by atoms with Crippen LogP contribution in [0.5, 0.6) is 0 Å². The van der Waals surface area contributed by atoms with Crippen molar-refractivity contribution in [3.8, 4) is 11.5 Å². The summed E-state index contributed by atoms with van der Waals surface area (Å²) < 4.78 is 5.20. The summed E-state index contributed by atoms with van der Waals surface area (Å²) in [6.07, 6.45) is 3.52. The fourth-order valence-electron chi connectivity index (χ4n) is 2.57. The Morgan fingerprint density at radius 2 is 2.09 bits per heavy atom. The van der Waals surface area contributed by atoms with Gasteiger partial charge in [-0.3, -0.25) is 4.79 Å². The van der Waals surface area contributed by atoms with Crippen molar-refractivity contribution in [1.82, 2.24) is 9.88 Å². The number of hydrogen-bond donors (Lipinski definition) is 2. The van der Waals surface area contributed by atoms with E-state index in [4.69, 9.17) is 4.42 Å². The number of aromatic nitrogens is 1. The maximum absolute atomic E-state index is 12.2. The van der Waals surface area contributed by atoms with Crippen LogP contribution < -0.4 is 5.32 Å². The van der Waals surface area contributed by atoms with Crippen LogP contribution in [0.1, 0.15) is 13.3 Å². The summed E-state index contributed by atoms with van der Waals surface area (Å²) in [5.41, 5.74) is 0.577. The van der Waals surface area contributed by atoms with Gasteiger partial charge in [0.1, 0.15) is 6.26 Å². The minimum absolute atomic E-state index is 0.211. The third-order valence-electron chi connectivity index (χ3n) is 4.09. The summed E-state index contributed by atoms with van der Waals surface area (Å²) in [6, 6.07) is 6.81. The van der Waals surface area contributed by atoms with Crippen LogP contribution in [-0.2, 0) is 4.79 Å². The fourth-order valence-corrected chi connectivity index (χ4v) is 2.57. The van der Waals surface area contributed by atoms with Crippen LogP contribution in [0, 0.1) is 5.41 Å². The first-order valence-corrected chi connectivity index (χ1v) is 7.27. The van der Waals surface area contributed by atoms with Crippen LogP contribution in [-0.4, -0.2) is 40.1 Å². The number of likely N-dealkylation sites (tertiary alicyclic amines) is 1. The molecule has 2 N–H and O–H groups in total. The number of oxazole rings is 1. The van der Waals surface area contributed by atoms with Crippen LogP contribution in [0.3, 0.4) is 0 Å². The molecule has 1 aromatic heterocycles. The van der Waals surface area contributed by atoms with Gasteiger partial charge in [0.2, 0.25) is 5.89 Å². The fraction of sp³-hybridized carbons (Fsp3) is 0.312. The molecule has 1 aliphatic heterocycles. The summed E-state index contributed by atoms with van der Waals surface area (Å²) in [5.74, 6) is -0.359. The average Bonchev–Trinajstić information content (AvgIpc) is 3.18. The highest BCUT2D eigenvalue weighted by Gasteiger charge is 2.42. The topological polar surface area (TPSA) is 95.7 Å². The van der Waals surface area contributed by atoms with E-state index in [0.29, 0.717) is 24.5 Å². The number of amides is 2. The molecule has 0 radical (unpaired) electrons. The first-order chi connectivity index (χ1) is 11.0. The van der Waals surface area contributed by atoms with Gasteiger partial charge in [0.05, 0.1) is 11.6 Å². The predicted octanol–water partition coefficient (Wildman–Crippen LogP) is 2.67. The molecule has 2 heterocycles. The molecule has 1 aromatic carbocycles. The lowest BCUT2D eigenvalue weighted by molar-refractivity contribution is -0.146. The van der Waals surface area contributed by atoms with Crippen LogP contribution in [0.2, 0.25) is 0 Å². The van der Waals surface area contributed by atoms with Crippen LogP contribution in [0.25, 0.3) is 11.5 Å². The lowest BCUT2D eigenvalue weighted by Crippen LogP contribution is -2.37. The maximum Gasteiger partial charge on any atom is 0.321 e. The largest absolute Gasteiger partial charge is 0.481 e. The number of nitrogens with zero attached hydrogens (tertiary/aromatic N) is 2. The minimum Gasteiger partial charge on any atom is -0.481 e. The molecule has 1 atom stereocenters. The van der Waals surface area contributed by atoms with E-state index in [2.05, 4.69) is 10.3 Å². The number of carbonyl (C=O) groups excluding carboxylic acids is 1. The molecule has 23 heavy (non-hydrogen) atoms. The van der Waals surface area contributed by atoms with E-state index >= 15 is 0 Å². The van der Waals surface area contributed by atoms with Crippen LogP contribution in [0.15, 0.2) is 41.1 Å². The molecule has 2 aromatic rings. The van der Waals surface area contributed by atoms with Gasteiger partial charge in [-0.25, -0.2) is 9.78 Å². The molecular weight excluding hydrogens is 298 g/mol. The zero-order chi connectivity index (χ0) is 16.4. The zero-order valence-corrected chi connectivity index (χ0v) is 12.7. The quantitative estimate of drug-likeness (QED) is 0.908. The number of aliphatic carboxylic acids is 1. The van der Waals surface area contributed by atoms with E-state index in [1.807, 2.05) is 0 Å². The average molecular weight is 315 g/mol. The van der Waals surface area contributed by atoms with E-state index in [9.17, 15) is 14.7 Å². The van der Waals surface area contributed by atoms with Gasteiger partial charge < -0.3 is 19.7 Å². The number of anilines is 1. The molecule has 7 heteroatoms. The van der Waals surface area contributed by atoms with Gasteiger partial charge in [0.25, 0.3) is 0 Å². The highest BCUT2D eigenvalue weighted by molar-refractivity contribution is 5.90. The van der Waals surface area contributed by atoms with Crippen molar-refractivity contribution in [2.45, 2.75) is 13.3 Å². The number of carboxylic acid groups (broad SMARTS) is 1. The molecule has 0 spiro atoms. The Balaban J connectivity index is 1.64. The predicted molar refractivity (Wildman–Crippen MR) is 82.9 cm³/mol. The summed E-state index contributed by atoms with van der Waals surface area (Å²) in [4.78, 5) is 29.0. The number of benzene rings is 1. The van der Waals surface area contributed by atoms with E-state index in [1.165, 1.54) is 11.2 Å². The van der Waals surface area contributed by atoms with Crippen molar-refractivity contribution in [3.63, 3.8) is 0 Å². The number of carbonyl (C=O) groups is 2. The Kier molecular flexibility index (Phi) is 3.77. The number of carboxylic acids is 1. The van der Waals surface area contributed by atoms with Gasteiger partial charge in [0.15, 0.2) is 0 Å². The van der Waals surface area contributed by atoms with Gasteiger partial charge in [-0.15, -0.1) is 0 Å². The highest BCUT2D eigenvalue weighted by atomic mass is 16.4. The second kappa shape index (κ2) is 5.75. The van der Waals surface area contributed by atoms with Crippen molar-refractivity contribution < 1.29 is 19.1 Å². The second-order valence-corrected chi connectivity index (χ2v) is 5.88. The molecule has 2 amide bonds.